The second-order valence-electron chi connectivity index (χ2n) is 6.46. The number of amides is 1. The van der Waals surface area contributed by atoms with Gasteiger partial charge in [-0.2, -0.15) is 0 Å². The molecular weight excluding hydrogens is 242 g/mol. The first-order chi connectivity index (χ1) is 8.97. The molecule has 1 N–H and O–H groups in total. The quantitative estimate of drug-likeness (QED) is 0.798. The van der Waals surface area contributed by atoms with E-state index in [1.165, 1.54) is 6.42 Å². The van der Waals surface area contributed by atoms with Gasteiger partial charge < -0.3 is 10.1 Å². The predicted molar refractivity (Wildman–Crippen MR) is 72.4 cm³/mol. The van der Waals surface area contributed by atoms with Crippen molar-refractivity contribution >= 4 is 11.9 Å². The molecule has 0 aromatic heterocycles. The lowest BCUT2D eigenvalue weighted by atomic mass is 9.75. The van der Waals surface area contributed by atoms with Crippen LogP contribution in [0.1, 0.15) is 52.9 Å². The van der Waals surface area contributed by atoms with Crippen LogP contribution in [0.2, 0.25) is 0 Å². The van der Waals surface area contributed by atoms with E-state index in [1.54, 1.807) is 0 Å². The van der Waals surface area contributed by atoms with E-state index in [1.807, 2.05) is 0 Å². The van der Waals surface area contributed by atoms with Crippen LogP contribution in [0.4, 0.5) is 0 Å². The molecular formula is C15H25NO3. The van der Waals surface area contributed by atoms with Crippen LogP contribution < -0.4 is 5.32 Å². The van der Waals surface area contributed by atoms with Gasteiger partial charge in [-0.1, -0.05) is 27.2 Å². The van der Waals surface area contributed by atoms with E-state index in [9.17, 15) is 9.59 Å². The van der Waals surface area contributed by atoms with Gasteiger partial charge in [0.15, 0.2) is 0 Å². The highest BCUT2D eigenvalue weighted by atomic mass is 16.5. The molecule has 0 bridgehead atoms. The molecule has 4 atom stereocenters. The summed E-state index contributed by atoms with van der Waals surface area (Å²) in [5.41, 5.74) is 0. The summed E-state index contributed by atoms with van der Waals surface area (Å²) in [7, 11) is 0. The van der Waals surface area contributed by atoms with E-state index in [2.05, 4.69) is 26.1 Å². The first-order valence-corrected chi connectivity index (χ1v) is 7.47. The summed E-state index contributed by atoms with van der Waals surface area (Å²) in [4.78, 5) is 23.3. The van der Waals surface area contributed by atoms with E-state index < -0.39 is 6.04 Å². The van der Waals surface area contributed by atoms with Crippen molar-refractivity contribution in [3.05, 3.63) is 0 Å². The number of nitrogens with one attached hydrogen (secondary N) is 1. The van der Waals surface area contributed by atoms with Crippen molar-refractivity contribution in [2.75, 3.05) is 0 Å². The van der Waals surface area contributed by atoms with E-state index in [0.717, 1.165) is 12.8 Å². The van der Waals surface area contributed by atoms with Crippen LogP contribution >= 0.6 is 0 Å². The molecule has 1 heterocycles. The zero-order valence-corrected chi connectivity index (χ0v) is 12.1. The zero-order valence-electron chi connectivity index (χ0n) is 12.1. The van der Waals surface area contributed by atoms with Crippen LogP contribution in [0.15, 0.2) is 0 Å². The number of rotatable bonds is 3. The molecule has 1 amide bonds. The molecule has 0 aromatic rings. The molecule has 4 heteroatoms. The highest BCUT2D eigenvalue weighted by molar-refractivity contribution is 5.88. The first-order valence-electron chi connectivity index (χ1n) is 7.47. The Morgan fingerprint density at radius 3 is 2.63 bits per heavy atom. The highest BCUT2D eigenvalue weighted by Crippen LogP contribution is 2.35. The predicted octanol–water partition coefficient (Wildman–Crippen LogP) is 2.27. The molecule has 0 spiro atoms. The van der Waals surface area contributed by atoms with Crippen molar-refractivity contribution in [2.24, 2.45) is 17.8 Å². The number of carbonyl (C=O) groups is 2. The van der Waals surface area contributed by atoms with E-state index in [-0.39, 0.29) is 18.0 Å². The minimum atomic E-state index is -0.419. The molecule has 19 heavy (non-hydrogen) atoms. The topological polar surface area (TPSA) is 55.4 Å². The summed E-state index contributed by atoms with van der Waals surface area (Å²) in [5, 5.41) is 2.69. The smallest absolute Gasteiger partial charge is 0.328 e. The fourth-order valence-corrected chi connectivity index (χ4v) is 3.27. The van der Waals surface area contributed by atoms with Crippen molar-refractivity contribution in [1.29, 1.82) is 0 Å². The standard InChI is InChI=1S/C15H25NO3/c1-9(2)11-5-4-10(3)8-13(11)19-15(18)12-6-7-14(17)16-12/h9-13H,4-8H2,1-3H3,(H,16,17)/t10-,11+,12-,13-/m0/s1. The van der Waals surface area contributed by atoms with Crippen LogP contribution in [0.5, 0.6) is 0 Å². The average Bonchev–Trinajstić information content (AvgIpc) is 2.75. The minimum Gasteiger partial charge on any atom is -0.461 e. The summed E-state index contributed by atoms with van der Waals surface area (Å²) in [6.07, 6.45) is 4.34. The van der Waals surface area contributed by atoms with Gasteiger partial charge in [-0.25, -0.2) is 4.79 Å². The summed E-state index contributed by atoms with van der Waals surface area (Å²) in [5.74, 6) is 1.32. The molecule has 0 aromatic carbocycles. The highest BCUT2D eigenvalue weighted by Gasteiger charge is 2.36. The third-order valence-electron chi connectivity index (χ3n) is 4.51. The fraction of sp³-hybridized carbons (Fsp3) is 0.867. The maximum atomic E-state index is 12.1. The van der Waals surface area contributed by atoms with Gasteiger partial charge in [0.1, 0.15) is 12.1 Å². The number of hydrogen-bond donors (Lipinski definition) is 1. The van der Waals surface area contributed by atoms with Crippen molar-refractivity contribution in [1.82, 2.24) is 5.32 Å². The Labute approximate surface area is 115 Å². The second kappa shape index (κ2) is 5.93. The normalized spacial score (nSPS) is 35.3. The van der Waals surface area contributed by atoms with Gasteiger partial charge in [-0.3, -0.25) is 4.79 Å². The Hall–Kier alpha value is -1.06. The van der Waals surface area contributed by atoms with Gasteiger partial charge >= 0.3 is 5.97 Å². The van der Waals surface area contributed by atoms with Crippen LogP contribution in [0, 0.1) is 17.8 Å². The van der Waals surface area contributed by atoms with Crippen LogP contribution in [0.3, 0.4) is 0 Å². The van der Waals surface area contributed by atoms with Gasteiger partial charge in [0.2, 0.25) is 5.91 Å². The maximum Gasteiger partial charge on any atom is 0.328 e. The number of carbonyl (C=O) groups excluding carboxylic acids is 2. The fourth-order valence-electron chi connectivity index (χ4n) is 3.27. The van der Waals surface area contributed by atoms with Crippen LogP contribution in [0.25, 0.3) is 0 Å². The van der Waals surface area contributed by atoms with Gasteiger partial charge in [0.05, 0.1) is 0 Å². The second-order valence-corrected chi connectivity index (χ2v) is 6.46. The maximum absolute atomic E-state index is 12.1. The Balaban J connectivity index is 1.94. The Morgan fingerprint density at radius 2 is 2.05 bits per heavy atom. The van der Waals surface area contributed by atoms with Crippen LogP contribution in [-0.2, 0) is 14.3 Å². The SMILES string of the molecule is CC(C)[C@H]1CC[C@H](C)C[C@@H]1OC(=O)[C@@H]1CCC(=O)N1. The lowest BCUT2D eigenvalue weighted by molar-refractivity contribution is -0.158. The van der Waals surface area contributed by atoms with Gasteiger partial charge in [-0.15, -0.1) is 0 Å². The summed E-state index contributed by atoms with van der Waals surface area (Å²) in [6.45, 7) is 6.60. The van der Waals surface area contributed by atoms with E-state index in [0.29, 0.717) is 30.6 Å². The first kappa shape index (κ1) is 14.4. The van der Waals surface area contributed by atoms with Crippen molar-refractivity contribution in [2.45, 2.75) is 65.0 Å². The molecule has 0 unspecified atom stereocenters. The molecule has 1 saturated heterocycles. The molecule has 1 aliphatic carbocycles. The Bertz CT molecular complexity index is 353. The number of ether oxygens (including phenoxy) is 1. The summed E-state index contributed by atoms with van der Waals surface area (Å²) >= 11 is 0. The molecule has 0 radical (unpaired) electrons. The molecule has 108 valence electrons. The monoisotopic (exact) mass is 267 g/mol. The molecule has 2 aliphatic rings. The average molecular weight is 267 g/mol. The minimum absolute atomic E-state index is 0.0220. The van der Waals surface area contributed by atoms with Gasteiger partial charge in [0, 0.05) is 6.42 Å². The molecule has 4 nitrogen and oxygen atoms in total. The zero-order chi connectivity index (χ0) is 14.0. The lowest BCUT2D eigenvalue weighted by Crippen LogP contribution is -2.41. The van der Waals surface area contributed by atoms with Crippen molar-refractivity contribution in [3.8, 4) is 0 Å². The third-order valence-corrected chi connectivity index (χ3v) is 4.51. The summed E-state index contributed by atoms with van der Waals surface area (Å²) in [6, 6.07) is -0.419. The molecule has 1 saturated carbocycles. The van der Waals surface area contributed by atoms with Gasteiger partial charge in [-0.05, 0) is 37.0 Å². The van der Waals surface area contributed by atoms with E-state index in [4.69, 9.17) is 4.74 Å². The molecule has 2 fully saturated rings. The van der Waals surface area contributed by atoms with E-state index >= 15 is 0 Å². The third kappa shape index (κ3) is 3.48. The largest absolute Gasteiger partial charge is 0.461 e. The molecule has 2 rings (SSSR count). The van der Waals surface area contributed by atoms with Crippen LogP contribution in [-0.4, -0.2) is 24.0 Å². The van der Waals surface area contributed by atoms with Crippen molar-refractivity contribution < 1.29 is 14.3 Å². The number of esters is 1. The summed E-state index contributed by atoms with van der Waals surface area (Å²) < 4.78 is 5.71. The Kier molecular flexibility index (Phi) is 4.48. The van der Waals surface area contributed by atoms with Gasteiger partial charge in [0.25, 0.3) is 0 Å². The Morgan fingerprint density at radius 1 is 1.32 bits per heavy atom. The van der Waals surface area contributed by atoms with Crippen molar-refractivity contribution in [3.63, 3.8) is 0 Å². The molecule has 1 aliphatic heterocycles. The lowest BCUT2D eigenvalue weighted by Gasteiger charge is -2.37. The number of hydrogen-bond acceptors (Lipinski definition) is 3.